The van der Waals surface area contributed by atoms with Gasteiger partial charge in [-0.25, -0.2) is 0 Å². The van der Waals surface area contributed by atoms with Gasteiger partial charge in [0.2, 0.25) is 0 Å². The number of hydrogen-bond acceptors (Lipinski definition) is 3. The molecule has 0 atom stereocenters. The molecule has 0 saturated heterocycles. The summed E-state index contributed by atoms with van der Waals surface area (Å²) in [6.45, 7) is 5.29. The second kappa shape index (κ2) is 9.35. The lowest BCUT2D eigenvalue weighted by atomic mass is 10.1. The second-order valence-electron chi connectivity index (χ2n) is 6.63. The molecule has 0 spiro atoms. The van der Waals surface area contributed by atoms with E-state index in [0.29, 0.717) is 29.7 Å². The van der Waals surface area contributed by atoms with E-state index in [1.807, 2.05) is 36.4 Å². The van der Waals surface area contributed by atoms with Crippen molar-refractivity contribution < 1.29 is 9.47 Å². The Kier molecular flexibility index (Phi) is 6.87. The van der Waals surface area contributed by atoms with E-state index in [2.05, 4.69) is 53.3 Å². The molecule has 3 rings (SSSR count). The first-order valence-electron chi connectivity index (χ1n) is 9.01. The van der Waals surface area contributed by atoms with Crippen LogP contribution in [0, 0.1) is 13.8 Å². The molecule has 3 nitrogen and oxygen atoms in total. The van der Waals surface area contributed by atoms with Gasteiger partial charge in [0, 0.05) is 16.7 Å². The number of aryl methyl sites for hydroxylation is 1. The maximum Gasteiger partial charge on any atom is 0.180 e. The van der Waals surface area contributed by atoms with Gasteiger partial charge in [0.25, 0.3) is 0 Å². The maximum absolute atomic E-state index is 6.50. The highest BCUT2D eigenvalue weighted by Crippen LogP contribution is 2.37. The third-order valence-corrected chi connectivity index (χ3v) is 5.48. The zero-order valence-corrected chi connectivity index (χ0v) is 18.5. The summed E-state index contributed by atoms with van der Waals surface area (Å²) in [6, 6.07) is 18.1. The van der Waals surface area contributed by atoms with Crippen molar-refractivity contribution in [1.29, 1.82) is 0 Å². The van der Waals surface area contributed by atoms with Gasteiger partial charge in [-0.1, -0.05) is 51.8 Å². The number of rotatable bonds is 7. The van der Waals surface area contributed by atoms with E-state index < -0.39 is 0 Å². The summed E-state index contributed by atoms with van der Waals surface area (Å²) in [7, 11) is 1.63. The number of anilines is 1. The van der Waals surface area contributed by atoms with Crippen LogP contribution in [0.3, 0.4) is 0 Å². The van der Waals surface area contributed by atoms with Crippen LogP contribution >= 0.6 is 27.5 Å². The minimum absolute atomic E-state index is 0.420. The molecule has 0 bridgehead atoms. The number of methoxy groups -OCH3 is 1. The van der Waals surface area contributed by atoms with E-state index in [-0.39, 0.29) is 0 Å². The molecule has 0 heterocycles. The van der Waals surface area contributed by atoms with Crippen molar-refractivity contribution in [3.05, 3.63) is 86.3 Å². The third kappa shape index (κ3) is 5.00. The molecule has 0 unspecified atom stereocenters. The summed E-state index contributed by atoms with van der Waals surface area (Å²) >= 11 is 9.94. The quantitative estimate of drug-likeness (QED) is 0.415. The Morgan fingerprint density at radius 2 is 1.75 bits per heavy atom. The molecule has 0 fully saturated rings. The summed E-state index contributed by atoms with van der Waals surface area (Å²) in [4.78, 5) is 0. The largest absolute Gasteiger partial charge is 0.493 e. The highest BCUT2D eigenvalue weighted by Gasteiger charge is 2.13. The maximum atomic E-state index is 6.50. The van der Waals surface area contributed by atoms with Crippen LogP contribution in [-0.4, -0.2) is 7.11 Å². The van der Waals surface area contributed by atoms with E-state index in [1.165, 1.54) is 11.1 Å². The van der Waals surface area contributed by atoms with Gasteiger partial charge >= 0.3 is 0 Å². The molecular weight excluding hydrogens is 438 g/mol. The van der Waals surface area contributed by atoms with Crippen LogP contribution < -0.4 is 14.8 Å². The Bertz CT molecular complexity index is 958. The normalized spacial score (nSPS) is 10.6. The van der Waals surface area contributed by atoms with Gasteiger partial charge in [0.1, 0.15) is 6.61 Å². The van der Waals surface area contributed by atoms with Crippen LogP contribution in [0.4, 0.5) is 5.69 Å². The molecule has 0 aliphatic heterocycles. The first-order chi connectivity index (χ1) is 13.5. The van der Waals surface area contributed by atoms with Crippen molar-refractivity contribution in [3.63, 3.8) is 0 Å². The van der Waals surface area contributed by atoms with Gasteiger partial charge in [-0.2, -0.15) is 0 Å². The minimum atomic E-state index is 0.420. The van der Waals surface area contributed by atoms with Crippen LogP contribution in [0.5, 0.6) is 11.5 Å². The fraction of sp³-hybridized carbons (Fsp3) is 0.217. The third-order valence-electron chi connectivity index (χ3n) is 4.67. The van der Waals surface area contributed by atoms with Crippen molar-refractivity contribution in [2.45, 2.75) is 27.0 Å². The van der Waals surface area contributed by atoms with Crippen LogP contribution in [0.25, 0.3) is 0 Å². The summed E-state index contributed by atoms with van der Waals surface area (Å²) in [5, 5.41) is 4.01. The first kappa shape index (κ1) is 20.6. The molecule has 3 aromatic rings. The van der Waals surface area contributed by atoms with Gasteiger partial charge in [0.05, 0.1) is 12.1 Å². The molecule has 0 aliphatic rings. The lowest BCUT2D eigenvalue weighted by Crippen LogP contribution is -2.04. The Morgan fingerprint density at radius 3 is 2.46 bits per heavy atom. The summed E-state index contributed by atoms with van der Waals surface area (Å²) in [5.74, 6) is 1.19. The fourth-order valence-corrected chi connectivity index (χ4v) is 3.44. The lowest BCUT2D eigenvalue weighted by Gasteiger charge is -2.16. The second-order valence-corrected chi connectivity index (χ2v) is 7.95. The van der Waals surface area contributed by atoms with E-state index in [0.717, 1.165) is 21.3 Å². The van der Waals surface area contributed by atoms with E-state index in [9.17, 15) is 0 Å². The predicted octanol–water partition coefficient (Wildman–Crippen LogP) is 6.92. The molecule has 0 saturated carbocycles. The van der Waals surface area contributed by atoms with Gasteiger partial charge in [-0.15, -0.1) is 0 Å². The van der Waals surface area contributed by atoms with E-state index >= 15 is 0 Å². The lowest BCUT2D eigenvalue weighted by molar-refractivity contribution is 0.284. The van der Waals surface area contributed by atoms with Crippen LogP contribution in [0.1, 0.15) is 22.3 Å². The highest BCUT2D eigenvalue weighted by atomic mass is 79.9. The predicted molar refractivity (Wildman–Crippen MR) is 120 cm³/mol. The van der Waals surface area contributed by atoms with Crippen molar-refractivity contribution in [2.24, 2.45) is 0 Å². The van der Waals surface area contributed by atoms with Gasteiger partial charge in [0.15, 0.2) is 11.5 Å². The van der Waals surface area contributed by atoms with Crippen molar-refractivity contribution in [2.75, 3.05) is 12.4 Å². The number of ether oxygens (including phenoxy) is 2. The van der Waals surface area contributed by atoms with Gasteiger partial charge in [-0.05, 0) is 66.4 Å². The smallest absolute Gasteiger partial charge is 0.180 e. The van der Waals surface area contributed by atoms with Crippen molar-refractivity contribution in [1.82, 2.24) is 0 Å². The molecular formula is C23H23BrClNO2. The molecule has 146 valence electrons. The van der Waals surface area contributed by atoms with E-state index in [4.69, 9.17) is 21.1 Å². The standard InChI is InChI=1S/C23H23BrClNO2/c1-15-5-4-6-21(16(15)2)26-13-18-11-20(25)23(22(12-18)27-3)28-14-17-7-9-19(24)10-8-17/h4-12,26H,13-14H2,1-3H3. The Labute approximate surface area is 179 Å². The average Bonchev–Trinajstić information content (AvgIpc) is 2.69. The first-order valence-corrected chi connectivity index (χ1v) is 10.2. The van der Waals surface area contributed by atoms with E-state index in [1.54, 1.807) is 7.11 Å². The van der Waals surface area contributed by atoms with Crippen molar-refractivity contribution in [3.8, 4) is 11.5 Å². The molecule has 0 aromatic heterocycles. The molecule has 0 aliphatic carbocycles. The number of nitrogens with one attached hydrogen (secondary N) is 1. The zero-order valence-electron chi connectivity index (χ0n) is 16.2. The highest BCUT2D eigenvalue weighted by molar-refractivity contribution is 9.10. The number of benzene rings is 3. The zero-order chi connectivity index (χ0) is 20.1. The molecule has 3 aromatic carbocycles. The van der Waals surface area contributed by atoms with Crippen LogP contribution in [-0.2, 0) is 13.2 Å². The molecule has 28 heavy (non-hydrogen) atoms. The summed E-state index contributed by atoms with van der Waals surface area (Å²) in [5.41, 5.74) is 5.71. The monoisotopic (exact) mass is 459 g/mol. The molecule has 0 amide bonds. The van der Waals surface area contributed by atoms with Crippen LogP contribution in [0.15, 0.2) is 59.1 Å². The summed E-state index contributed by atoms with van der Waals surface area (Å²) < 4.78 is 12.5. The fourth-order valence-electron chi connectivity index (χ4n) is 2.89. The number of hydrogen-bond donors (Lipinski definition) is 1. The van der Waals surface area contributed by atoms with Gasteiger partial charge in [-0.3, -0.25) is 0 Å². The van der Waals surface area contributed by atoms with Crippen molar-refractivity contribution >= 4 is 33.2 Å². The minimum Gasteiger partial charge on any atom is -0.493 e. The SMILES string of the molecule is COc1cc(CNc2cccc(C)c2C)cc(Cl)c1OCc1ccc(Br)cc1. The Hall–Kier alpha value is -2.17. The van der Waals surface area contributed by atoms with Crippen LogP contribution in [0.2, 0.25) is 5.02 Å². The average molecular weight is 461 g/mol. The topological polar surface area (TPSA) is 30.5 Å². The molecule has 5 heteroatoms. The molecule has 1 N–H and O–H groups in total. The Balaban J connectivity index is 1.73. The van der Waals surface area contributed by atoms with Gasteiger partial charge < -0.3 is 14.8 Å². The molecule has 0 radical (unpaired) electrons. The Morgan fingerprint density at radius 1 is 1.00 bits per heavy atom. The number of halogens is 2. The summed E-state index contributed by atoms with van der Waals surface area (Å²) in [6.07, 6.45) is 0.